The van der Waals surface area contributed by atoms with E-state index in [-0.39, 0.29) is 30.4 Å². The van der Waals surface area contributed by atoms with Crippen molar-refractivity contribution in [1.82, 2.24) is 15.2 Å². The second kappa shape index (κ2) is 10.8. The third kappa shape index (κ3) is 5.93. The molecule has 1 aromatic heterocycles. The monoisotopic (exact) mass is 490 g/mol. The number of carbonyl (C=O) groups is 2. The van der Waals surface area contributed by atoms with Gasteiger partial charge in [0.15, 0.2) is 11.5 Å². The summed E-state index contributed by atoms with van der Waals surface area (Å²) in [5, 5.41) is 6.52. The summed E-state index contributed by atoms with van der Waals surface area (Å²) >= 11 is 1.24. The van der Waals surface area contributed by atoms with E-state index in [9.17, 15) is 9.59 Å². The molecule has 1 atom stereocenters. The molecule has 3 aromatic rings. The number of likely N-dealkylation sites (tertiary alicyclic amines) is 1. The molecule has 0 aliphatic carbocycles. The van der Waals surface area contributed by atoms with Crippen LogP contribution in [-0.4, -0.2) is 53.4 Å². The molecule has 1 fully saturated rings. The van der Waals surface area contributed by atoms with Crippen molar-refractivity contribution in [3.8, 4) is 11.5 Å². The van der Waals surface area contributed by atoms with Crippen molar-refractivity contribution in [3.05, 3.63) is 78.0 Å². The van der Waals surface area contributed by atoms with Gasteiger partial charge in [-0.1, -0.05) is 42.1 Å². The molecule has 2 N–H and O–H groups in total. The second-order valence-electron chi connectivity index (χ2n) is 8.44. The summed E-state index contributed by atoms with van der Waals surface area (Å²) in [6, 6.07) is 19.2. The van der Waals surface area contributed by atoms with Crippen LogP contribution in [0.5, 0.6) is 11.5 Å². The number of pyridine rings is 1. The predicted octanol–water partition coefficient (Wildman–Crippen LogP) is 3.55. The molecule has 35 heavy (non-hydrogen) atoms. The molecule has 2 aliphatic heterocycles. The van der Waals surface area contributed by atoms with Crippen LogP contribution in [-0.2, 0) is 11.3 Å². The van der Waals surface area contributed by atoms with Gasteiger partial charge in [-0.3, -0.25) is 14.5 Å². The number of thioether (sulfide) groups is 1. The fourth-order valence-electron chi connectivity index (χ4n) is 4.18. The van der Waals surface area contributed by atoms with Gasteiger partial charge < -0.3 is 20.1 Å². The topological polar surface area (TPSA) is 92.8 Å². The highest BCUT2D eigenvalue weighted by Gasteiger charge is 2.25. The maximum atomic E-state index is 13.0. The van der Waals surface area contributed by atoms with Crippen LogP contribution >= 0.6 is 11.8 Å². The summed E-state index contributed by atoms with van der Waals surface area (Å²) in [4.78, 5) is 32.2. The van der Waals surface area contributed by atoms with Crippen molar-refractivity contribution in [3.63, 3.8) is 0 Å². The molecule has 9 heteroatoms. The SMILES string of the molecule is O=C(CSc1ncccc1C(=O)N[C@H]1CCN(Cc2ccccc2)C1)Nc1ccc2c(c1)OCO2. The lowest BCUT2D eigenvalue weighted by molar-refractivity contribution is -0.113. The second-order valence-corrected chi connectivity index (χ2v) is 9.40. The third-order valence-electron chi connectivity index (χ3n) is 5.87. The Morgan fingerprint density at radius 1 is 1.06 bits per heavy atom. The van der Waals surface area contributed by atoms with E-state index in [1.807, 2.05) is 18.2 Å². The van der Waals surface area contributed by atoms with Crippen LogP contribution in [0.1, 0.15) is 22.3 Å². The number of hydrogen-bond acceptors (Lipinski definition) is 7. The Morgan fingerprint density at radius 3 is 2.80 bits per heavy atom. The van der Waals surface area contributed by atoms with E-state index in [1.165, 1.54) is 17.3 Å². The van der Waals surface area contributed by atoms with E-state index in [2.05, 4.69) is 32.7 Å². The van der Waals surface area contributed by atoms with Gasteiger partial charge in [0.25, 0.3) is 5.91 Å². The molecule has 180 valence electrons. The quantitative estimate of drug-likeness (QED) is 0.467. The first-order valence-electron chi connectivity index (χ1n) is 11.5. The van der Waals surface area contributed by atoms with Gasteiger partial charge in [0.05, 0.1) is 11.3 Å². The molecular formula is C26H26N4O4S. The molecule has 0 saturated carbocycles. The average Bonchev–Trinajstić information content (AvgIpc) is 3.52. The molecule has 3 heterocycles. The minimum Gasteiger partial charge on any atom is -0.454 e. The normalized spacial score (nSPS) is 16.7. The van der Waals surface area contributed by atoms with Gasteiger partial charge in [0.2, 0.25) is 12.7 Å². The number of ether oxygens (including phenoxy) is 2. The Hall–Kier alpha value is -3.56. The number of hydrogen-bond donors (Lipinski definition) is 2. The van der Waals surface area contributed by atoms with E-state index in [0.717, 1.165) is 26.1 Å². The Bertz CT molecular complexity index is 1210. The number of benzene rings is 2. The van der Waals surface area contributed by atoms with Crippen LogP contribution in [0.4, 0.5) is 5.69 Å². The number of aromatic nitrogens is 1. The minimum absolute atomic E-state index is 0.0820. The largest absolute Gasteiger partial charge is 0.454 e. The minimum atomic E-state index is -0.196. The lowest BCUT2D eigenvalue weighted by Crippen LogP contribution is -2.37. The first kappa shape index (κ1) is 23.2. The van der Waals surface area contributed by atoms with Gasteiger partial charge in [0, 0.05) is 43.6 Å². The lowest BCUT2D eigenvalue weighted by atomic mass is 10.2. The predicted molar refractivity (Wildman–Crippen MR) is 134 cm³/mol. The van der Waals surface area contributed by atoms with E-state index < -0.39 is 0 Å². The Balaban J connectivity index is 1.14. The smallest absolute Gasteiger partial charge is 0.254 e. The molecule has 0 unspecified atom stereocenters. The van der Waals surface area contributed by atoms with Crippen LogP contribution < -0.4 is 20.1 Å². The molecule has 2 aliphatic rings. The van der Waals surface area contributed by atoms with Crippen LogP contribution in [0.3, 0.4) is 0 Å². The first-order valence-corrected chi connectivity index (χ1v) is 12.5. The molecule has 0 spiro atoms. The van der Waals surface area contributed by atoms with Gasteiger partial charge in [-0.2, -0.15) is 0 Å². The molecule has 2 amide bonds. The number of fused-ring (bicyclic) bond motifs is 1. The molecule has 1 saturated heterocycles. The zero-order valence-electron chi connectivity index (χ0n) is 19.1. The lowest BCUT2D eigenvalue weighted by Gasteiger charge is -2.17. The van der Waals surface area contributed by atoms with Crippen molar-refractivity contribution in [2.75, 3.05) is 31.0 Å². The Morgan fingerprint density at radius 2 is 1.91 bits per heavy atom. The Labute approximate surface area is 208 Å². The van der Waals surface area contributed by atoms with Crippen LogP contribution in [0.15, 0.2) is 71.9 Å². The Kier molecular flexibility index (Phi) is 7.15. The first-order chi connectivity index (χ1) is 17.1. The highest BCUT2D eigenvalue weighted by atomic mass is 32.2. The number of nitrogens with zero attached hydrogens (tertiary/aromatic N) is 2. The summed E-state index contributed by atoms with van der Waals surface area (Å²) < 4.78 is 10.6. The summed E-state index contributed by atoms with van der Waals surface area (Å²) in [6.07, 6.45) is 2.53. The molecule has 0 bridgehead atoms. The summed E-state index contributed by atoms with van der Waals surface area (Å²) in [5.41, 5.74) is 2.37. The van der Waals surface area contributed by atoms with E-state index in [0.29, 0.717) is 27.8 Å². The number of nitrogens with one attached hydrogen (secondary N) is 2. The van der Waals surface area contributed by atoms with Crippen LogP contribution in [0, 0.1) is 0 Å². The zero-order valence-corrected chi connectivity index (χ0v) is 19.9. The maximum Gasteiger partial charge on any atom is 0.254 e. The molecular weight excluding hydrogens is 464 g/mol. The van der Waals surface area contributed by atoms with E-state index >= 15 is 0 Å². The number of amides is 2. The standard InChI is InChI=1S/C26H26N4O4S/c31-24(28-19-8-9-22-23(13-19)34-17-33-22)16-35-26-21(7-4-11-27-26)25(32)29-20-10-12-30(15-20)14-18-5-2-1-3-6-18/h1-9,11,13,20H,10,12,14-17H2,(H,28,31)(H,29,32)/t20-/m0/s1. The maximum absolute atomic E-state index is 13.0. The molecule has 5 rings (SSSR count). The molecule has 0 radical (unpaired) electrons. The van der Waals surface area contributed by atoms with Crippen molar-refractivity contribution in [2.24, 2.45) is 0 Å². The number of rotatable bonds is 8. The molecule has 2 aromatic carbocycles. The van der Waals surface area contributed by atoms with Gasteiger partial charge in [-0.05, 0) is 36.2 Å². The highest BCUT2D eigenvalue weighted by molar-refractivity contribution is 8.00. The molecule has 8 nitrogen and oxygen atoms in total. The summed E-state index contributed by atoms with van der Waals surface area (Å²) in [6.45, 7) is 2.80. The van der Waals surface area contributed by atoms with Gasteiger partial charge >= 0.3 is 0 Å². The van der Waals surface area contributed by atoms with Crippen LogP contribution in [0.2, 0.25) is 0 Å². The summed E-state index contributed by atoms with van der Waals surface area (Å²) in [7, 11) is 0. The van der Waals surface area contributed by atoms with Gasteiger partial charge in [-0.25, -0.2) is 4.98 Å². The van der Waals surface area contributed by atoms with Crippen molar-refractivity contribution in [1.29, 1.82) is 0 Å². The van der Waals surface area contributed by atoms with Crippen molar-refractivity contribution >= 4 is 29.3 Å². The fourth-order valence-corrected chi connectivity index (χ4v) is 4.97. The number of carbonyl (C=O) groups excluding carboxylic acids is 2. The van der Waals surface area contributed by atoms with E-state index in [1.54, 1.807) is 36.5 Å². The summed E-state index contributed by atoms with van der Waals surface area (Å²) in [5.74, 6) is 1.03. The van der Waals surface area contributed by atoms with Gasteiger partial charge in [0.1, 0.15) is 5.03 Å². The fraction of sp³-hybridized carbons (Fsp3) is 0.269. The van der Waals surface area contributed by atoms with Crippen molar-refractivity contribution in [2.45, 2.75) is 24.0 Å². The third-order valence-corrected chi connectivity index (χ3v) is 6.87. The zero-order chi connectivity index (χ0) is 24.0. The van der Waals surface area contributed by atoms with Crippen LogP contribution in [0.25, 0.3) is 0 Å². The highest BCUT2D eigenvalue weighted by Crippen LogP contribution is 2.34. The van der Waals surface area contributed by atoms with E-state index in [4.69, 9.17) is 9.47 Å². The van der Waals surface area contributed by atoms with Crippen molar-refractivity contribution < 1.29 is 19.1 Å². The number of anilines is 1. The average molecular weight is 491 g/mol. The van der Waals surface area contributed by atoms with Gasteiger partial charge in [-0.15, -0.1) is 0 Å².